The summed E-state index contributed by atoms with van der Waals surface area (Å²) in [6, 6.07) is -0.281. The van der Waals surface area contributed by atoms with Gasteiger partial charge in [0.25, 0.3) is 5.91 Å². The molecule has 9 heteroatoms. The molecule has 21 heavy (non-hydrogen) atoms. The predicted molar refractivity (Wildman–Crippen MR) is 71.8 cm³/mol. The van der Waals surface area contributed by atoms with Crippen molar-refractivity contribution in [1.82, 2.24) is 15.1 Å². The van der Waals surface area contributed by atoms with E-state index in [0.29, 0.717) is 6.61 Å². The summed E-state index contributed by atoms with van der Waals surface area (Å²) in [4.78, 5) is 12.2. The molecule has 0 spiro atoms. The van der Waals surface area contributed by atoms with Gasteiger partial charge in [0.05, 0.1) is 16.6 Å². The van der Waals surface area contributed by atoms with Crippen molar-refractivity contribution in [3.8, 4) is 0 Å². The average molecular weight is 370 g/mol. The van der Waals surface area contributed by atoms with Gasteiger partial charge in [-0.25, -0.2) is 0 Å². The highest BCUT2D eigenvalue weighted by Gasteiger charge is 2.39. The highest BCUT2D eigenvalue weighted by atomic mass is 79.9. The molecule has 1 aliphatic heterocycles. The highest BCUT2D eigenvalue weighted by molar-refractivity contribution is 9.10. The smallest absolute Gasteiger partial charge is 0.376 e. The van der Waals surface area contributed by atoms with E-state index in [1.807, 2.05) is 0 Å². The zero-order valence-corrected chi connectivity index (χ0v) is 13.1. The lowest BCUT2D eigenvalue weighted by Crippen LogP contribution is -2.41. The molecule has 118 valence electrons. The normalized spacial score (nSPS) is 20.6. The van der Waals surface area contributed by atoms with Gasteiger partial charge in [0, 0.05) is 13.7 Å². The largest absolute Gasteiger partial charge is 0.436 e. The molecular weight excluding hydrogens is 355 g/mol. The molecule has 2 atom stereocenters. The first-order chi connectivity index (χ1) is 9.71. The number of nitrogens with zero attached hydrogens (tertiary/aromatic N) is 2. The Morgan fingerprint density at radius 2 is 2.24 bits per heavy atom. The second-order valence-electron chi connectivity index (χ2n) is 4.95. The molecule has 1 saturated heterocycles. The summed E-state index contributed by atoms with van der Waals surface area (Å²) in [5.74, 6) is -0.615. The van der Waals surface area contributed by atoms with E-state index in [1.165, 1.54) is 7.05 Å². The molecule has 0 bridgehead atoms. The van der Waals surface area contributed by atoms with E-state index >= 15 is 0 Å². The molecule has 0 unspecified atom stereocenters. The molecule has 1 amide bonds. The van der Waals surface area contributed by atoms with Crippen LogP contribution in [0.2, 0.25) is 0 Å². The SMILES string of the molecule is C[C@H](NC(=O)c1c(Br)c(C(F)(F)F)nn1C)[C@@H]1CCCO1. The van der Waals surface area contributed by atoms with Gasteiger partial charge in [-0.1, -0.05) is 0 Å². The van der Waals surface area contributed by atoms with E-state index in [4.69, 9.17) is 4.74 Å². The number of carbonyl (C=O) groups excluding carboxylic acids is 1. The quantitative estimate of drug-likeness (QED) is 0.890. The minimum atomic E-state index is -4.62. The Morgan fingerprint density at radius 3 is 2.71 bits per heavy atom. The van der Waals surface area contributed by atoms with Gasteiger partial charge in [-0.2, -0.15) is 18.3 Å². The molecule has 1 N–H and O–H groups in total. The average Bonchev–Trinajstić information content (AvgIpc) is 2.96. The number of alkyl halides is 3. The molecular formula is C12H15BrF3N3O2. The standard InChI is InChI=1S/C12H15BrF3N3O2/c1-6(7-4-3-5-21-7)17-11(20)9-8(13)10(12(14,15)16)18-19(9)2/h6-7H,3-5H2,1-2H3,(H,17,20)/t6-,7-/m0/s1. The molecule has 0 aliphatic carbocycles. The first-order valence-electron chi connectivity index (χ1n) is 6.44. The van der Waals surface area contributed by atoms with Gasteiger partial charge in [0.1, 0.15) is 5.69 Å². The van der Waals surface area contributed by atoms with Crippen molar-refractivity contribution < 1.29 is 22.7 Å². The van der Waals surface area contributed by atoms with Crippen molar-refractivity contribution in [3.63, 3.8) is 0 Å². The topological polar surface area (TPSA) is 56.2 Å². The lowest BCUT2D eigenvalue weighted by Gasteiger charge is -2.20. The summed E-state index contributed by atoms with van der Waals surface area (Å²) in [5.41, 5.74) is -1.27. The Morgan fingerprint density at radius 1 is 1.57 bits per heavy atom. The van der Waals surface area contributed by atoms with E-state index in [-0.39, 0.29) is 22.3 Å². The summed E-state index contributed by atoms with van der Waals surface area (Å²) in [6.45, 7) is 2.40. The van der Waals surface area contributed by atoms with Crippen LogP contribution >= 0.6 is 15.9 Å². The van der Waals surface area contributed by atoms with Crippen LogP contribution in [0.3, 0.4) is 0 Å². The third kappa shape index (κ3) is 3.39. The Bertz CT molecular complexity index is 539. The van der Waals surface area contributed by atoms with Gasteiger partial charge in [-0.15, -0.1) is 0 Å². The van der Waals surface area contributed by atoms with E-state index < -0.39 is 17.8 Å². The van der Waals surface area contributed by atoms with Gasteiger partial charge in [-0.3, -0.25) is 9.48 Å². The maximum Gasteiger partial charge on any atom is 0.436 e. The van der Waals surface area contributed by atoms with Crippen LogP contribution in [0.4, 0.5) is 13.2 Å². The van der Waals surface area contributed by atoms with Crippen molar-refractivity contribution in [1.29, 1.82) is 0 Å². The Kier molecular flexibility index (Phi) is 4.62. The summed E-state index contributed by atoms with van der Waals surface area (Å²) < 4.78 is 44.3. The zero-order valence-electron chi connectivity index (χ0n) is 11.5. The fraction of sp³-hybridized carbons (Fsp3) is 0.667. The number of aryl methyl sites for hydroxylation is 1. The molecule has 0 aromatic carbocycles. The first kappa shape index (κ1) is 16.3. The van der Waals surface area contributed by atoms with E-state index in [9.17, 15) is 18.0 Å². The maximum atomic E-state index is 12.8. The second-order valence-corrected chi connectivity index (χ2v) is 5.74. The Balaban J connectivity index is 2.17. The number of amides is 1. The molecule has 0 radical (unpaired) electrons. The van der Waals surface area contributed by atoms with Crippen molar-refractivity contribution in [2.45, 2.75) is 38.1 Å². The summed E-state index contributed by atoms with van der Waals surface area (Å²) in [6.07, 6.45) is -2.99. The Labute approximate surface area is 128 Å². The molecule has 1 aromatic heterocycles. The maximum absolute atomic E-state index is 12.8. The third-order valence-corrected chi connectivity index (χ3v) is 4.11. The molecule has 2 rings (SSSR count). The van der Waals surface area contributed by atoms with Crippen molar-refractivity contribution in [2.75, 3.05) is 6.61 Å². The number of carbonyl (C=O) groups is 1. The first-order valence-corrected chi connectivity index (χ1v) is 7.23. The zero-order chi connectivity index (χ0) is 15.8. The van der Waals surface area contributed by atoms with Crippen molar-refractivity contribution >= 4 is 21.8 Å². The summed E-state index contributed by atoms with van der Waals surface area (Å²) >= 11 is 2.82. The third-order valence-electron chi connectivity index (χ3n) is 3.35. The van der Waals surface area contributed by atoms with Crippen LogP contribution in [0.1, 0.15) is 35.9 Å². The number of ether oxygens (including phenoxy) is 1. The van der Waals surface area contributed by atoms with Gasteiger partial charge in [0.15, 0.2) is 5.69 Å². The molecule has 1 fully saturated rings. The van der Waals surface area contributed by atoms with Crippen LogP contribution < -0.4 is 5.32 Å². The fourth-order valence-corrected chi connectivity index (χ4v) is 3.03. The lowest BCUT2D eigenvalue weighted by atomic mass is 10.1. The number of hydrogen-bond acceptors (Lipinski definition) is 3. The fourth-order valence-electron chi connectivity index (χ4n) is 2.29. The second kappa shape index (κ2) is 5.96. The van der Waals surface area contributed by atoms with Crippen LogP contribution in [0.25, 0.3) is 0 Å². The van der Waals surface area contributed by atoms with Crippen LogP contribution in [0, 0.1) is 0 Å². The van der Waals surface area contributed by atoms with Gasteiger partial charge in [0.2, 0.25) is 0 Å². The van der Waals surface area contributed by atoms with Crippen LogP contribution in [-0.2, 0) is 18.0 Å². The van der Waals surface area contributed by atoms with Gasteiger partial charge < -0.3 is 10.1 Å². The minimum Gasteiger partial charge on any atom is -0.376 e. The van der Waals surface area contributed by atoms with Crippen LogP contribution in [-0.4, -0.2) is 34.4 Å². The van der Waals surface area contributed by atoms with Gasteiger partial charge in [-0.05, 0) is 35.7 Å². The minimum absolute atomic E-state index is 0.108. The van der Waals surface area contributed by atoms with E-state index in [0.717, 1.165) is 17.5 Å². The molecule has 2 heterocycles. The van der Waals surface area contributed by atoms with E-state index in [2.05, 4.69) is 26.3 Å². The van der Waals surface area contributed by atoms with Gasteiger partial charge >= 0.3 is 6.18 Å². The lowest BCUT2D eigenvalue weighted by molar-refractivity contribution is -0.142. The molecule has 5 nitrogen and oxygen atoms in total. The van der Waals surface area contributed by atoms with E-state index in [1.54, 1.807) is 6.92 Å². The molecule has 0 saturated carbocycles. The highest BCUT2D eigenvalue weighted by Crippen LogP contribution is 2.35. The number of aromatic nitrogens is 2. The monoisotopic (exact) mass is 369 g/mol. The van der Waals surface area contributed by atoms with Crippen LogP contribution in [0.15, 0.2) is 4.47 Å². The number of halogens is 4. The number of nitrogens with one attached hydrogen (secondary N) is 1. The van der Waals surface area contributed by atoms with Crippen LogP contribution in [0.5, 0.6) is 0 Å². The molecule has 1 aliphatic rings. The Hall–Kier alpha value is -1.09. The van der Waals surface area contributed by atoms with Crippen molar-refractivity contribution in [2.24, 2.45) is 7.05 Å². The molecule has 1 aromatic rings. The number of hydrogen-bond donors (Lipinski definition) is 1. The number of rotatable bonds is 3. The predicted octanol–water partition coefficient (Wildman–Crippen LogP) is 2.50. The summed E-state index contributed by atoms with van der Waals surface area (Å²) in [7, 11) is 1.30. The van der Waals surface area contributed by atoms with Crippen molar-refractivity contribution in [3.05, 3.63) is 15.9 Å². The summed E-state index contributed by atoms with van der Waals surface area (Å²) in [5, 5.41) is 6.02.